The van der Waals surface area contributed by atoms with E-state index < -0.39 is 24.2 Å². The summed E-state index contributed by atoms with van der Waals surface area (Å²) in [6, 6.07) is 16.0. The summed E-state index contributed by atoms with van der Waals surface area (Å²) in [5.41, 5.74) is 0.918. The average molecular weight is 329 g/mol. The number of nitrogens with one attached hydrogen (secondary N) is 1. The molecule has 3 N–H and O–H groups in total. The van der Waals surface area contributed by atoms with Crippen molar-refractivity contribution in [3.05, 3.63) is 60.2 Å². The van der Waals surface area contributed by atoms with Crippen molar-refractivity contribution < 1.29 is 24.5 Å². The Morgan fingerprint density at radius 3 is 2.38 bits per heavy atom. The summed E-state index contributed by atoms with van der Waals surface area (Å²) in [6.45, 7) is 0.606. The highest BCUT2D eigenvalue weighted by molar-refractivity contribution is 5.74. The summed E-state index contributed by atoms with van der Waals surface area (Å²) in [5, 5.41) is 21.6. The van der Waals surface area contributed by atoms with Crippen molar-refractivity contribution in [3.63, 3.8) is 0 Å². The van der Waals surface area contributed by atoms with Gasteiger partial charge in [-0.15, -0.1) is 0 Å². The second-order valence-electron chi connectivity index (χ2n) is 5.62. The summed E-state index contributed by atoms with van der Waals surface area (Å²) >= 11 is 0. The number of aliphatic hydroxyl groups is 1. The van der Waals surface area contributed by atoms with Crippen molar-refractivity contribution in [2.45, 2.75) is 24.9 Å². The minimum absolute atomic E-state index is 0.293. The van der Waals surface area contributed by atoms with Gasteiger partial charge in [-0.3, -0.25) is 10.1 Å². The zero-order chi connectivity index (χ0) is 16.9. The van der Waals surface area contributed by atoms with Crippen molar-refractivity contribution in [1.82, 2.24) is 5.32 Å². The van der Waals surface area contributed by atoms with Crippen LogP contribution in [0, 0.1) is 0 Å². The molecule has 126 valence electrons. The van der Waals surface area contributed by atoms with E-state index >= 15 is 0 Å². The Morgan fingerprint density at radius 1 is 1.08 bits per heavy atom. The van der Waals surface area contributed by atoms with Crippen LogP contribution in [0.15, 0.2) is 54.6 Å². The molecule has 1 aliphatic heterocycles. The van der Waals surface area contributed by atoms with Gasteiger partial charge in [0.15, 0.2) is 0 Å². The number of benzene rings is 2. The molecule has 1 aliphatic rings. The van der Waals surface area contributed by atoms with Gasteiger partial charge in [0.1, 0.15) is 23.6 Å². The maximum Gasteiger partial charge on any atom is 0.323 e. The fourth-order valence-electron chi connectivity index (χ4n) is 2.57. The summed E-state index contributed by atoms with van der Waals surface area (Å²) in [7, 11) is 0. The average Bonchev–Trinajstić information content (AvgIpc) is 2.96. The first-order valence-corrected chi connectivity index (χ1v) is 7.71. The Morgan fingerprint density at radius 2 is 1.75 bits per heavy atom. The van der Waals surface area contributed by atoms with Gasteiger partial charge in [0, 0.05) is 6.54 Å². The number of aliphatic carboxylic acids is 1. The highest BCUT2D eigenvalue weighted by Crippen LogP contribution is 2.22. The maximum absolute atomic E-state index is 10.9. The lowest BCUT2D eigenvalue weighted by Crippen LogP contribution is -2.40. The molecule has 0 spiro atoms. The Bertz CT molecular complexity index is 674. The molecule has 1 saturated heterocycles. The molecule has 0 aromatic heterocycles. The number of para-hydroxylation sites is 1. The maximum atomic E-state index is 10.9. The lowest BCUT2D eigenvalue weighted by molar-refractivity contribution is -0.142. The molecule has 0 radical (unpaired) electrons. The van der Waals surface area contributed by atoms with Gasteiger partial charge < -0.3 is 19.7 Å². The molecule has 1 heterocycles. The van der Waals surface area contributed by atoms with Crippen LogP contribution in [0.25, 0.3) is 0 Å². The van der Waals surface area contributed by atoms with Crippen LogP contribution in [-0.4, -0.2) is 41.0 Å². The van der Waals surface area contributed by atoms with E-state index in [4.69, 9.17) is 14.6 Å². The Balaban J connectivity index is 1.52. The highest BCUT2D eigenvalue weighted by atomic mass is 16.5. The van der Waals surface area contributed by atoms with Crippen LogP contribution in [0.1, 0.15) is 5.56 Å². The molecular formula is C18H19NO5. The van der Waals surface area contributed by atoms with Gasteiger partial charge in [0.2, 0.25) is 0 Å². The van der Waals surface area contributed by atoms with Crippen molar-refractivity contribution in [3.8, 4) is 11.5 Å². The van der Waals surface area contributed by atoms with E-state index in [2.05, 4.69) is 5.32 Å². The molecule has 0 saturated carbocycles. The molecule has 3 atom stereocenters. The second-order valence-corrected chi connectivity index (χ2v) is 5.62. The van der Waals surface area contributed by atoms with Gasteiger partial charge >= 0.3 is 5.97 Å². The minimum Gasteiger partial charge on any atom is -0.480 e. The number of carboxylic acids is 1. The van der Waals surface area contributed by atoms with E-state index in [0.29, 0.717) is 13.2 Å². The first-order chi connectivity index (χ1) is 11.6. The van der Waals surface area contributed by atoms with E-state index in [-0.39, 0.29) is 0 Å². The monoisotopic (exact) mass is 329 g/mol. The third-order valence-electron chi connectivity index (χ3n) is 3.89. The smallest absolute Gasteiger partial charge is 0.323 e. The summed E-state index contributed by atoms with van der Waals surface area (Å²) in [4.78, 5) is 10.9. The quantitative estimate of drug-likeness (QED) is 0.749. The van der Waals surface area contributed by atoms with Gasteiger partial charge in [-0.2, -0.15) is 0 Å². The second kappa shape index (κ2) is 7.44. The Kier molecular flexibility index (Phi) is 5.10. The van der Waals surface area contributed by atoms with E-state index in [9.17, 15) is 9.90 Å². The lowest BCUT2D eigenvalue weighted by atomic mass is 10.1. The first kappa shape index (κ1) is 16.4. The van der Waals surface area contributed by atoms with Gasteiger partial charge in [0.05, 0.1) is 12.7 Å². The molecule has 2 aromatic carbocycles. The zero-order valence-electron chi connectivity index (χ0n) is 13.0. The number of carboxylic acid groups (broad SMARTS) is 1. The van der Waals surface area contributed by atoms with E-state index in [1.807, 2.05) is 54.6 Å². The molecular weight excluding hydrogens is 310 g/mol. The number of hydrogen-bond acceptors (Lipinski definition) is 5. The third kappa shape index (κ3) is 3.91. The highest BCUT2D eigenvalue weighted by Gasteiger charge is 2.39. The molecule has 0 amide bonds. The van der Waals surface area contributed by atoms with Crippen LogP contribution in [0.5, 0.6) is 11.5 Å². The normalized spacial score (nSPS) is 23.1. The summed E-state index contributed by atoms with van der Waals surface area (Å²) in [6.07, 6.45) is -1.59. The number of carbonyl (C=O) groups is 1. The van der Waals surface area contributed by atoms with Crippen molar-refractivity contribution >= 4 is 5.97 Å². The van der Waals surface area contributed by atoms with E-state index in [1.165, 1.54) is 0 Å². The predicted octanol–water partition coefficient (Wildman–Crippen LogP) is 1.78. The fourth-order valence-corrected chi connectivity index (χ4v) is 2.57. The van der Waals surface area contributed by atoms with Crippen LogP contribution < -0.4 is 10.1 Å². The van der Waals surface area contributed by atoms with Crippen LogP contribution in [0.4, 0.5) is 0 Å². The number of rotatable bonds is 6. The SMILES string of the molecule is O=C(O)[C@H]1NC[C@@H](OCc2ccc(Oc3ccccc3)cc2)[C@@H]1O. The molecule has 6 nitrogen and oxygen atoms in total. The van der Waals surface area contributed by atoms with Gasteiger partial charge in [0.25, 0.3) is 0 Å². The molecule has 0 unspecified atom stereocenters. The summed E-state index contributed by atoms with van der Waals surface area (Å²) < 4.78 is 11.3. The molecule has 0 aliphatic carbocycles. The molecule has 0 bridgehead atoms. The van der Waals surface area contributed by atoms with Gasteiger partial charge in [-0.1, -0.05) is 30.3 Å². The van der Waals surface area contributed by atoms with Gasteiger partial charge in [-0.25, -0.2) is 0 Å². The van der Waals surface area contributed by atoms with Gasteiger partial charge in [-0.05, 0) is 29.8 Å². The first-order valence-electron chi connectivity index (χ1n) is 7.71. The third-order valence-corrected chi connectivity index (χ3v) is 3.89. The number of aliphatic hydroxyl groups excluding tert-OH is 1. The van der Waals surface area contributed by atoms with Crippen molar-refractivity contribution in [2.75, 3.05) is 6.54 Å². The lowest BCUT2D eigenvalue weighted by Gasteiger charge is -2.16. The molecule has 2 aromatic rings. The molecule has 1 fully saturated rings. The van der Waals surface area contributed by atoms with Crippen LogP contribution in [-0.2, 0) is 16.1 Å². The predicted molar refractivity (Wildman–Crippen MR) is 87.0 cm³/mol. The standard InChI is InChI=1S/C18H19NO5/c20-17-15(10-19-16(17)18(21)22)23-11-12-6-8-14(9-7-12)24-13-4-2-1-3-5-13/h1-9,15-17,19-20H,10-11H2,(H,21,22)/t15-,16+,17+/m1/s1. The fraction of sp³-hybridized carbons (Fsp3) is 0.278. The number of ether oxygens (including phenoxy) is 2. The zero-order valence-corrected chi connectivity index (χ0v) is 13.0. The van der Waals surface area contributed by atoms with Crippen molar-refractivity contribution in [1.29, 1.82) is 0 Å². The van der Waals surface area contributed by atoms with Crippen LogP contribution in [0.3, 0.4) is 0 Å². The van der Waals surface area contributed by atoms with Crippen molar-refractivity contribution in [2.24, 2.45) is 0 Å². The van der Waals surface area contributed by atoms with Crippen LogP contribution in [0.2, 0.25) is 0 Å². The Hall–Kier alpha value is -2.41. The molecule has 24 heavy (non-hydrogen) atoms. The largest absolute Gasteiger partial charge is 0.480 e. The molecule has 6 heteroatoms. The number of hydrogen-bond donors (Lipinski definition) is 3. The van der Waals surface area contributed by atoms with E-state index in [1.54, 1.807) is 0 Å². The minimum atomic E-state index is -1.07. The topological polar surface area (TPSA) is 88.0 Å². The summed E-state index contributed by atoms with van der Waals surface area (Å²) in [5.74, 6) is 0.413. The van der Waals surface area contributed by atoms with Crippen LogP contribution >= 0.6 is 0 Å². The molecule has 3 rings (SSSR count). The Labute approximate surface area is 139 Å². The van der Waals surface area contributed by atoms with E-state index in [0.717, 1.165) is 17.1 Å².